The quantitative estimate of drug-likeness (QED) is 0.191. The Balaban J connectivity index is 1.04. The number of carbonyl (C=O) groups excluding carboxylic acids is 2. The van der Waals surface area contributed by atoms with Gasteiger partial charge in [0.05, 0.1) is 36.5 Å². The Bertz CT molecular complexity index is 1890. The molecule has 7 heteroatoms. The minimum Gasteiger partial charge on any atom is -0.392 e. The van der Waals surface area contributed by atoms with Gasteiger partial charge in [0.15, 0.2) is 6.29 Å². The molecule has 0 aromatic heterocycles. The highest BCUT2D eigenvalue weighted by Gasteiger charge is 2.50. The van der Waals surface area contributed by atoms with Crippen molar-refractivity contribution in [1.82, 2.24) is 9.80 Å². The molecule has 4 aromatic carbocycles. The maximum absolute atomic E-state index is 13.0. The third-order valence-corrected chi connectivity index (χ3v) is 11.2. The molecule has 4 aromatic rings. The maximum Gasteiger partial charge on any atom is 0.261 e. The van der Waals surface area contributed by atoms with Crippen LogP contribution in [0.2, 0.25) is 0 Å². The number of likely N-dealkylation sites (tertiary alicyclic amines) is 1. The number of carbonyl (C=O) groups is 2. The molecule has 3 heterocycles. The lowest BCUT2D eigenvalue weighted by molar-refractivity contribution is -0.253. The number of rotatable bonds is 8. The molecule has 8 rings (SSSR count). The van der Waals surface area contributed by atoms with Crippen LogP contribution in [0.5, 0.6) is 0 Å². The van der Waals surface area contributed by atoms with Crippen molar-refractivity contribution in [2.75, 3.05) is 13.1 Å². The predicted molar refractivity (Wildman–Crippen MR) is 192 cm³/mol. The van der Waals surface area contributed by atoms with Crippen LogP contribution in [-0.2, 0) is 22.6 Å². The number of fused-ring (bicyclic) bond motifs is 3. The molecule has 2 bridgehead atoms. The van der Waals surface area contributed by atoms with Gasteiger partial charge in [0.2, 0.25) is 0 Å². The van der Waals surface area contributed by atoms with E-state index < -0.39 is 6.29 Å². The molecule has 1 aliphatic carbocycles. The Morgan fingerprint density at radius 3 is 2.18 bits per heavy atom. The Labute approximate surface area is 294 Å². The fraction of sp³-hybridized carbons (Fsp3) is 0.395. The van der Waals surface area contributed by atoms with Crippen LogP contribution in [-0.4, -0.2) is 52.0 Å². The summed E-state index contributed by atoms with van der Waals surface area (Å²) in [6.45, 7) is 9.50. The molecule has 5 unspecified atom stereocenters. The van der Waals surface area contributed by atoms with Gasteiger partial charge in [0, 0.05) is 31.1 Å². The smallest absolute Gasteiger partial charge is 0.261 e. The van der Waals surface area contributed by atoms with Crippen molar-refractivity contribution in [3.63, 3.8) is 0 Å². The number of hydrogen-bond donors (Lipinski definition) is 1. The molecule has 7 nitrogen and oxygen atoms in total. The number of benzene rings is 4. The first kappa shape index (κ1) is 33.0. The molecular weight excluding hydrogens is 624 g/mol. The number of ether oxygens (including phenoxy) is 2. The highest BCUT2D eigenvalue weighted by atomic mass is 16.7. The number of imide groups is 1. The van der Waals surface area contributed by atoms with Gasteiger partial charge in [0.25, 0.3) is 11.8 Å². The van der Waals surface area contributed by atoms with E-state index in [1.54, 1.807) is 24.3 Å². The van der Waals surface area contributed by atoms with Crippen molar-refractivity contribution in [2.45, 2.75) is 84.1 Å². The average molecular weight is 671 g/mol. The number of aliphatic hydroxyl groups is 1. The van der Waals surface area contributed by atoms with E-state index in [0.717, 1.165) is 52.9 Å². The maximum atomic E-state index is 13.0. The lowest BCUT2D eigenvalue weighted by Crippen LogP contribution is -2.42. The summed E-state index contributed by atoms with van der Waals surface area (Å²) in [4.78, 5) is 30.1. The minimum absolute atomic E-state index is 0.00558. The zero-order valence-corrected chi connectivity index (χ0v) is 29.2. The summed E-state index contributed by atoms with van der Waals surface area (Å²) in [5.74, 6) is -0.509. The third-order valence-electron chi connectivity index (χ3n) is 11.2. The van der Waals surface area contributed by atoms with Crippen molar-refractivity contribution in [2.24, 2.45) is 10.8 Å². The zero-order valence-electron chi connectivity index (χ0n) is 29.2. The monoisotopic (exact) mass is 670 g/mol. The molecule has 258 valence electrons. The largest absolute Gasteiger partial charge is 0.392 e. The fourth-order valence-corrected chi connectivity index (χ4v) is 9.36. The first-order valence-electron chi connectivity index (χ1n) is 18.0. The van der Waals surface area contributed by atoms with Crippen molar-refractivity contribution in [3.05, 3.63) is 130 Å². The summed E-state index contributed by atoms with van der Waals surface area (Å²) < 4.78 is 13.6. The molecule has 1 saturated carbocycles. The van der Waals surface area contributed by atoms with Crippen LogP contribution in [0.3, 0.4) is 0 Å². The summed E-state index contributed by atoms with van der Waals surface area (Å²) in [6, 6.07) is 32.0. The van der Waals surface area contributed by atoms with E-state index in [1.807, 2.05) is 36.4 Å². The van der Waals surface area contributed by atoms with Gasteiger partial charge in [-0.3, -0.25) is 19.4 Å². The fourth-order valence-electron chi connectivity index (χ4n) is 9.36. The van der Waals surface area contributed by atoms with Gasteiger partial charge >= 0.3 is 0 Å². The molecule has 5 atom stereocenters. The molecule has 2 amide bonds. The Morgan fingerprint density at radius 1 is 0.760 bits per heavy atom. The molecule has 2 saturated heterocycles. The highest BCUT2D eigenvalue weighted by Crippen LogP contribution is 2.53. The second-order valence-electron chi connectivity index (χ2n) is 16.1. The molecule has 3 fully saturated rings. The van der Waals surface area contributed by atoms with Crippen LogP contribution in [0, 0.1) is 10.8 Å². The summed E-state index contributed by atoms with van der Waals surface area (Å²) in [5.41, 5.74) is 7.41. The van der Waals surface area contributed by atoms with Crippen LogP contribution in [0.15, 0.2) is 97.1 Å². The van der Waals surface area contributed by atoms with Crippen LogP contribution in [0.25, 0.3) is 11.1 Å². The SMILES string of the molecule is CC1(C)CC2CC(C)(CN2CC2CC(c3ccc(CO)cc3)OC(c3cccc(-c4cccc(CN5C(=O)c6ccccc6C5=O)c4)c3)O2)C1. The van der Waals surface area contributed by atoms with E-state index in [0.29, 0.717) is 28.0 Å². The number of nitrogens with zero attached hydrogens (tertiary/aromatic N) is 2. The van der Waals surface area contributed by atoms with E-state index in [-0.39, 0.29) is 37.2 Å². The van der Waals surface area contributed by atoms with Gasteiger partial charge in [-0.1, -0.05) is 93.6 Å². The minimum atomic E-state index is -0.549. The Kier molecular flexibility index (Phi) is 8.51. The number of amides is 2. The normalized spacial score (nSPS) is 27.5. The van der Waals surface area contributed by atoms with Crippen LogP contribution < -0.4 is 0 Å². The van der Waals surface area contributed by atoms with E-state index in [1.165, 1.54) is 24.2 Å². The van der Waals surface area contributed by atoms with Crippen molar-refractivity contribution in [3.8, 4) is 11.1 Å². The molecule has 50 heavy (non-hydrogen) atoms. The van der Waals surface area contributed by atoms with Gasteiger partial charge in [0.1, 0.15) is 0 Å². The van der Waals surface area contributed by atoms with E-state index >= 15 is 0 Å². The molecule has 0 spiro atoms. The predicted octanol–water partition coefficient (Wildman–Crippen LogP) is 8.09. The summed E-state index contributed by atoms with van der Waals surface area (Å²) in [5, 5.41) is 9.64. The first-order chi connectivity index (χ1) is 24.1. The van der Waals surface area contributed by atoms with E-state index in [9.17, 15) is 14.7 Å². The molecular formula is C43H46N2O5. The van der Waals surface area contributed by atoms with Crippen molar-refractivity contribution < 1.29 is 24.2 Å². The second kappa shape index (κ2) is 12.9. The molecule has 0 radical (unpaired) electrons. The van der Waals surface area contributed by atoms with Crippen LogP contribution in [0.4, 0.5) is 0 Å². The van der Waals surface area contributed by atoms with Gasteiger partial charge in [-0.15, -0.1) is 0 Å². The third kappa shape index (κ3) is 6.44. The van der Waals surface area contributed by atoms with Crippen LogP contribution in [0.1, 0.15) is 102 Å². The van der Waals surface area contributed by atoms with Crippen molar-refractivity contribution >= 4 is 11.8 Å². The average Bonchev–Trinajstić information content (AvgIpc) is 3.50. The van der Waals surface area contributed by atoms with Gasteiger partial charge in [-0.2, -0.15) is 0 Å². The lowest BCUT2D eigenvalue weighted by atomic mass is 9.65. The molecule has 1 N–H and O–H groups in total. The topological polar surface area (TPSA) is 79.3 Å². The summed E-state index contributed by atoms with van der Waals surface area (Å²) in [7, 11) is 0. The molecule has 4 aliphatic rings. The first-order valence-corrected chi connectivity index (χ1v) is 18.0. The van der Waals surface area contributed by atoms with Gasteiger partial charge in [-0.25, -0.2) is 0 Å². The Hall–Kier alpha value is -4.14. The summed E-state index contributed by atoms with van der Waals surface area (Å²) >= 11 is 0. The van der Waals surface area contributed by atoms with E-state index in [2.05, 4.69) is 62.1 Å². The highest BCUT2D eigenvalue weighted by molar-refractivity contribution is 6.21. The van der Waals surface area contributed by atoms with Gasteiger partial charge in [-0.05, 0) is 82.2 Å². The van der Waals surface area contributed by atoms with Crippen molar-refractivity contribution in [1.29, 1.82) is 0 Å². The molecule has 3 aliphatic heterocycles. The summed E-state index contributed by atoms with van der Waals surface area (Å²) in [6.07, 6.45) is 3.79. The number of hydrogen-bond acceptors (Lipinski definition) is 6. The Morgan fingerprint density at radius 2 is 1.46 bits per heavy atom. The zero-order chi connectivity index (χ0) is 34.6. The second-order valence-corrected chi connectivity index (χ2v) is 16.1. The van der Waals surface area contributed by atoms with E-state index in [4.69, 9.17) is 9.47 Å². The number of aliphatic hydroxyl groups excluding tert-OH is 1. The van der Waals surface area contributed by atoms with Crippen LogP contribution >= 0.6 is 0 Å². The van der Waals surface area contributed by atoms with Gasteiger partial charge < -0.3 is 14.6 Å². The standard InChI is InChI=1S/C43H46N2O5/c1-42(2)21-34-22-43(3,26-42)27-44(34)24-35-20-38(30-16-14-28(25-46)15-17-30)50-41(49-35)33-11-7-10-32(19-33)31-9-6-8-29(18-31)23-45-39(47)36-12-4-5-13-37(36)40(45)48/h4-19,34-35,38,41,46H,20-27H2,1-3H3. The lowest BCUT2D eigenvalue weighted by Gasteiger charge is -2.41.